The van der Waals surface area contributed by atoms with Crippen molar-refractivity contribution < 1.29 is 4.79 Å². The highest BCUT2D eigenvalue weighted by molar-refractivity contribution is 7.99. The molecule has 110 valence electrons. The first-order valence-corrected chi connectivity index (χ1v) is 8.99. The molecule has 2 aliphatic rings. The molecule has 1 amide bonds. The van der Waals surface area contributed by atoms with Gasteiger partial charge in [0, 0.05) is 17.3 Å². The molecule has 0 aliphatic heterocycles. The van der Waals surface area contributed by atoms with E-state index in [1.54, 1.807) is 0 Å². The zero-order chi connectivity index (χ0) is 13.5. The topological polar surface area (TPSA) is 41.1 Å². The average Bonchev–Trinajstić information content (AvgIpc) is 2.85. The number of carbonyl (C=O) groups is 1. The van der Waals surface area contributed by atoms with E-state index in [4.69, 9.17) is 0 Å². The third-order valence-electron chi connectivity index (χ3n) is 4.33. The maximum Gasteiger partial charge on any atom is 0.234 e. The van der Waals surface area contributed by atoms with Gasteiger partial charge in [-0.15, -0.1) is 0 Å². The summed E-state index contributed by atoms with van der Waals surface area (Å²) >= 11 is 2.04. The second-order valence-electron chi connectivity index (χ2n) is 5.81. The van der Waals surface area contributed by atoms with Gasteiger partial charge in [0.2, 0.25) is 5.91 Å². The molecular formula is C15H28N2OS. The summed E-state index contributed by atoms with van der Waals surface area (Å²) in [7, 11) is 0. The van der Waals surface area contributed by atoms with Crippen LogP contribution in [0, 0.1) is 0 Å². The predicted molar refractivity (Wildman–Crippen MR) is 82.6 cm³/mol. The monoisotopic (exact) mass is 284 g/mol. The molecule has 0 aromatic carbocycles. The molecule has 2 N–H and O–H groups in total. The van der Waals surface area contributed by atoms with Crippen LogP contribution in [0.2, 0.25) is 0 Å². The molecule has 0 aromatic heterocycles. The third-order valence-corrected chi connectivity index (χ3v) is 5.65. The third kappa shape index (κ3) is 4.99. The summed E-state index contributed by atoms with van der Waals surface area (Å²) in [4.78, 5) is 12.0. The van der Waals surface area contributed by atoms with Crippen LogP contribution in [-0.2, 0) is 4.79 Å². The van der Waals surface area contributed by atoms with Gasteiger partial charge in [0.25, 0.3) is 0 Å². The smallest absolute Gasteiger partial charge is 0.234 e. The first kappa shape index (κ1) is 15.2. The summed E-state index contributed by atoms with van der Waals surface area (Å²) in [5, 5.41) is 7.37. The number of hydrogen-bond acceptors (Lipinski definition) is 3. The van der Waals surface area contributed by atoms with Crippen LogP contribution < -0.4 is 10.6 Å². The molecule has 2 saturated carbocycles. The number of amides is 1. The van der Waals surface area contributed by atoms with Gasteiger partial charge in [0.05, 0.1) is 6.54 Å². The molecule has 0 aromatic rings. The van der Waals surface area contributed by atoms with Crippen molar-refractivity contribution in [3.8, 4) is 0 Å². The van der Waals surface area contributed by atoms with Gasteiger partial charge in [-0.25, -0.2) is 0 Å². The van der Waals surface area contributed by atoms with Gasteiger partial charge in [-0.1, -0.05) is 32.6 Å². The van der Waals surface area contributed by atoms with E-state index in [2.05, 4.69) is 17.6 Å². The summed E-state index contributed by atoms with van der Waals surface area (Å²) in [5.41, 5.74) is 0. The molecular weight excluding hydrogens is 256 g/mol. The van der Waals surface area contributed by atoms with Crippen LogP contribution in [0.25, 0.3) is 0 Å². The highest BCUT2D eigenvalue weighted by atomic mass is 32.2. The van der Waals surface area contributed by atoms with Crippen LogP contribution in [-0.4, -0.2) is 35.5 Å². The van der Waals surface area contributed by atoms with E-state index in [1.165, 1.54) is 57.1 Å². The molecule has 0 spiro atoms. The van der Waals surface area contributed by atoms with E-state index < -0.39 is 0 Å². The van der Waals surface area contributed by atoms with Crippen molar-refractivity contribution >= 4 is 17.7 Å². The molecule has 4 heteroatoms. The lowest BCUT2D eigenvalue weighted by atomic mass is 9.95. The Hall–Kier alpha value is -0.220. The zero-order valence-corrected chi connectivity index (χ0v) is 12.9. The lowest BCUT2D eigenvalue weighted by Crippen LogP contribution is -2.45. The van der Waals surface area contributed by atoms with Gasteiger partial charge in [-0.3, -0.25) is 4.79 Å². The molecule has 3 nitrogen and oxygen atoms in total. The van der Waals surface area contributed by atoms with Crippen LogP contribution in [0.5, 0.6) is 0 Å². The molecule has 2 fully saturated rings. The lowest BCUT2D eigenvalue weighted by Gasteiger charge is -2.24. The van der Waals surface area contributed by atoms with Crippen LogP contribution in [0.15, 0.2) is 0 Å². The minimum Gasteiger partial charge on any atom is -0.352 e. The van der Waals surface area contributed by atoms with Gasteiger partial charge in [-0.2, -0.15) is 11.8 Å². The van der Waals surface area contributed by atoms with E-state index in [-0.39, 0.29) is 5.91 Å². The fourth-order valence-electron chi connectivity index (χ4n) is 3.32. The second kappa shape index (κ2) is 8.15. The fourth-order valence-corrected chi connectivity index (χ4v) is 4.55. The second-order valence-corrected chi connectivity index (χ2v) is 7.33. The molecule has 2 unspecified atom stereocenters. The highest BCUT2D eigenvalue weighted by Crippen LogP contribution is 2.29. The summed E-state index contributed by atoms with van der Waals surface area (Å²) < 4.78 is 0. The Labute approximate surface area is 121 Å². The van der Waals surface area contributed by atoms with Crippen molar-refractivity contribution in [3.05, 3.63) is 0 Å². The van der Waals surface area contributed by atoms with Crippen molar-refractivity contribution in [2.45, 2.75) is 75.6 Å². The van der Waals surface area contributed by atoms with Crippen LogP contribution in [0.4, 0.5) is 0 Å². The number of thioether (sulfide) groups is 1. The number of rotatable bonds is 6. The maximum atomic E-state index is 12.0. The average molecular weight is 284 g/mol. The fraction of sp³-hybridized carbons (Fsp3) is 0.933. The first-order valence-electron chi connectivity index (χ1n) is 7.94. The molecule has 0 bridgehead atoms. The van der Waals surface area contributed by atoms with Gasteiger partial charge in [-0.05, 0) is 31.4 Å². The highest BCUT2D eigenvalue weighted by Gasteiger charge is 2.27. The Morgan fingerprint density at radius 2 is 1.89 bits per heavy atom. The van der Waals surface area contributed by atoms with Crippen molar-refractivity contribution in [2.24, 2.45) is 0 Å². The normalized spacial score (nSPS) is 28.5. The number of carbonyl (C=O) groups excluding carboxylic acids is 1. The predicted octanol–water partition coefficient (Wildman–Crippen LogP) is 2.70. The summed E-state index contributed by atoms with van der Waals surface area (Å²) in [6, 6.07) is 0.981. The Balaban J connectivity index is 1.65. The lowest BCUT2D eigenvalue weighted by molar-refractivity contribution is -0.121. The molecule has 2 aliphatic carbocycles. The number of nitrogens with one attached hydrogen (secondary N) is 2. The van der Waals surface area contributed by atoms with Crippen LogP contribution in [0.1, 0.15) is 58.3 Å². The molecule has 19 heavy (non-hydrogen) atoms. The van der Waals surface area contributed by atoms with Gasteiger partial charge < -0.3 is 10.6 Å². The van der Waals surface area contributed by atoms with E-state index in [9.17, 15) is 4.79 Å². The van der Waals surface area contributed by atoms with E-state index >= 15 is 0 Å². The summed E-state index contributed by atoms with van der Waals surface area (Å²) in [6.07, 6.45) is 10.1. The minimum atomic E-state index is 0.194. The van der Waals surface area contributed by atoms with E-state index in [0.717, 1.165) is 0 Å². The molecule has 0 radical (unpaired) electrons. The minimum absolute atomic E-state index is 0.194. The van der Waals surface area contributed by atoms with Crippen molar-refractivity contribution in [3.63, 3.8) is 0 Å². The molecule has 2 rings (SSSR count). The summed E-state index contributed by atoms with van der Waals surface area (Å²) in [6.45, 7) is 2.72. The quantitative estimate of drug-likeness (QED) is 0.788. The first-order chi connectivity index (χ1) is 9.29. The SMILES string of the molecule is CCSC1CCCC1NCC(=O)NC1CCCCC1. The standard InChI is InChI=1S/C15H28N2OS/c1-2-19-14-10-6-9-13(14)16-11-15(18)17-12-7-4-3-5-8-12/h12-14,16H,2-11H2,1H3,(H,17,18). The summed E-state index contributed by atoms with van der Waals surface area (Å²) in [5.74, 6) is 1.37. The molecule has 0 heterocycles. The zero-order valence-electron chi connectivity index (χ0n) is 12.1. The van der Waals surface area contributed by atoms with Crippen LogP contribution >= 0.6 is 11.8 Å². The van der Waals surface area contributed by atoms with Crippen molar-refractivity contribution in [1.29, 1.82) is 0 Å². The molecule has 2 atom stereocenters. The van der Waals surface area contributed by atoms with Gasteiger partial charge in [0.1, 0.15) is 0 Å². The Kier molecular flexibility index (Phi) is 6.51. The van der Waals surface area contributed by atoms with Crippen LogP contribution in [0.3, 0.4) is 0 Å². The Bertz CT molecular complexity index is 279. The van der Waals surface area contributed by atoms with Gasteiger partial charge in [0.15, 0.2) is 0 Å². The number of hydrogen-bond donors (Lipinski definition) is 2. The Morgan fingerprint density at radius 1 is 1.11 bits per heavy atom. The molecule has 0 saturated heterocycles. The Morgan fingerprint density at radius 3 is 2.63 bits per heavy atom. The van der Waals surface area contributed by atoms with Crippen molar-refractivity contribution in [1.82, 2.24) is 10.6 Å². The largest absolute Gasteiger partial charge is 0.352 e. The van der Waals surface area contributed by atoms with E-state index in [0.29, 0.717) is 23.9 Å². The van der Waals surface area contributed by atoms with Gasteiger partial charge >= 0.3 is 0 Å². The maximum absolute atomic E-state index is 12.0. The van der Waals surface area contributed by atoms with Crippen molar-refractivity contribution in [2.75, 3.05) is 12.3 Å². The van der Waals surface area contributed by atoms with E-state index in [1.807, 2.05) is 11.8 Å².